The molecule has 0 aliphatic heterocycles. The fourth-order valence-electron chi connectivity index (χ4n) is 1.82. The van der Waals surface area contributed by atoms with Gasteiger partial charge in [0.05, 0.1) is 12.3 Å². The average molecular weight is 317 g/mol. The van der Waals surface area contributed by atoms with Gasteiger partial charge >= 0.3 is 0 Å². The quantitative estimate of drug-likeness (QED) is 0.672. The maximum Gasteiger partial charge on any atom is 0.271 e. The van der Waals surface area contributed by atoms with Crippen molar-refractivity contribution in [2.75, 3.05) is 6.61 Å². The summed E-state index contributed by atoms with van der Waals surface area (Å²) in [7, 11) is 0. The number of nitrogens with zero attached hydrogens (tertiary/aromatic N) is 1. The van der Waals surface area contributed by atoms with E-state index < -0.39 is 0 Å². The third-order valence-corrected chi connectivity index (χ3v) is 3.27. The molecule has 114 valence electrons. The lowest BCUT2D eigenvalue weighted by Crippen LogP contribution is -2.19. The van der Waals surface area contributed by atoms with Crippen LogP contribution in [0.1, 0.15) is 29.8 Å². The van der Waals surface area contributed by atoms with Crippen LogP contribution in [-0.2, 0) is 0 Å². The van der Waals surface area contributed by atoms with Gasteiger partial charge in [-0.25, -0.2) is 5.43 Å². The Bertz CT molecular complexity index is 664. The fourth-order valence-corrected chi connectivity index (χ4v) is 1.95. The van der Waals surface area contributed by atoms with Gasteiger partial charge in [0.25, 0.3) is 5.91 Å². The van der Waals surface area contributed by atoms with Gasteiger partial charge in [-0.15, -0.1) is 0 Å². The number of amides is 1. The van der Waals surface area contributed by atoms with E-state index in [1.54, 1.807) is 36.4 Å². The molecule has 0 radical (unpaired) electrons. The molecule has 4 nitrogen and oxygen atoms in total. The van der Waals surface area contributed by atoms with Crippen molar-refractivity contribution in [2.24, 2.45) is 5.10 Å². The van der Waals surface area contributed by atoms with E-state index in [9.17, 15) is 4.79 Å². The predicted molar refractivity (Wildman–Crippen MR) is 88.7 cm³/mol. The topological polar surface area (TPSA) is 50.7 Å². The van der Waals surface area contributed by atoms with Crippen molar-refractivity contribution < 1.29 is 9.53 Å². The lowest BCUT2D eigenvalue weighted by atomic mass is 10.1. The van der Waals surface area contributed by atoms with Crippen LogP contribution in [0.5, 0.6) is 5.75 Å². The van der Waals surface area contributed by atoms with Crippen molar-refractivity contribution in [3.63, 3.8) is 0 Å². The predicted octanol–water partition coefficient (Wildman–Crippen LogP) is 3.89. The van der Waals surface area contributed by atoms with Crippen molar-refractivity contribution >= 4 is 23.2 Å². The molecule has 2 aromatic rings. The maximum atomic E-state index is 12.0. The standard InChI is InChI=1S/C17H17ClN2O2/c1-3-22-16-10-6-14(7-11-16)17(21)20-19-12(2)13-4-8-15(18)9-5-13/h4-11H,3H2,1-2H3,(H,20,21)/b19-12-. The van der Waals surface area contributed by atoms with Gasteiger partial charge in [-0.1, -0.05) is 23.7 Å². The molecule has 0 aliphatic carbocycles. The number of hydrogen-bond acceptors (Lipinski definition) is 3. The highest BCUT2D eigenvalue weighted by molar-refractivity contribution is 6.30. The number of halogens is 1. The monoisotopic (exact) mass is 316 g/mol. The Hall–Kier alpha value is -2.33. The molecule has 0 aliphatic rings. The van der Waals surface area contributed by atoms with Crippen LogP contribution in [0.3, 0.4) is 0 Å². The molecule has 22 heavy (non-hydrogen) atoms. The van der Waals surface area contributed by atoms with E-state index in [1.807, 2.05) is 26.0 Å². The summed E-state index contributed by atoms with van der Waals surface area (Å²) in [5.41, 5.74) is 4.67. The summed E-state index contributed by atoms with van der Waals surface area (Å²) in [6, 6.07) is 14.2. The molecule has 2 rings (SSSR count). The Morgan fingerprint density at radius 1 is 1.09 bits per heavy atom. The summed E-state index contributed by atoms with van der Waals surface area (Å²) in [6.45, 7) is 4.33. The van der Waals surface area contributed by atoms with Crippen LogP contribution in [0, 0.1) is 0 Å². The van der Waals surface area contributed by atoms with Gasteiger partial charge < -0.3 is 4.74 Å². The van der Waals surface area contributed by atoms with Gasteiger partial charge in [-0.3, -0.25) is 4.79 Å². The first-order valence-corrected chi connectivity index (χ1v) is 7.31. The number of ether oxygens (including phenoxy) is 1. The molecular weight excluding hydrogens is 300 g/mol. The molecule has 0 saturated heterocycles. The molecular formula is C17H17ClN2O2. The highest BCUT2D eigenvalue weighted by atomic mass is 35.5. The Balaban J connectivity index is 2.01. The highest BCUT2D eigenvalue weighted by Crippen LogP contribution is 2.12. The summed E-state index contributed by atoms with van der Waals surface area (Å²) >= 11 is 5.84. The first-order valence-electron chi connectivity index (χ1n) is 6.93. The summed E-state index contributed by atoms with van der Waals surface area (Å²) in [5.74, 6) is 0.469. The van der Waals surface area contributed by atoms with Crippen LogP contribution < -0.4 is 10.2 Å². The van der Waals surface area contributed by atoms with Crippen molar-refractivity contribution in [1.82, 2.24) is 5.43 Å². The summed E-state index contributed by atoms with van der Waals surface area (Å²) in [6.07, 6.45) is 0. The highest BCUT2D eigenvalue weighted by Gasteiger charge is 2.05. The van der Waals surface area contributed by atoms with Crippen LogP contribution in [0.25, 0.3) is 0 Å². The number of hydrogen-bond donors (Lipinski definition) is 1. The third kappa shape index (κ3) is 4.33. The van der Waals surface area contributed by atoms with E-state index in [1.165, 1.54) is 0 Å². The number of nitrogens with one attached hydrogen (secondary N) is 1. The minimum atomic E-state index is -0.267. The van der Waals surface area contributed by atoms with Crippen molar-refractivity contribution in [2.45, 2.75) is 13.8 Å². The van der Waals surface area contributed by atoms with E-state index in [4.69, 9.17) is 16.3 Å². The van der Waals surface area contributed by atoms with Crippen LogP contribution >= 0.6 is 11.6 Å². The van der Waals surface area contributed by atoms with Gasteiger partial charge in [-0.05, 0) is 55.8 Å². The zero-order chi connectivity index (χ0) is 15.9. The Labute approximate surface area is 134 Å². The minimum absolute atomic E-state index is 0.267. The molecule has 0 atom stereocenters. The molecule has 1 N–H and O–H groups in total. The van der Waals surface area contributed by atoms with Gasteiger partial charge in [-0.2, -0.15) is 5.10 Å². The van der Waals surface area contributed by atoms with Crippen LogP contribution in [-0.4, -0.2) is 18.2 Å². The van der Waals surface area contributed by atoms with E-state index >= 15 is 0 Å². The normalized spacial score (nSPS) is 11.1. The average Bonchev–Trinajstić information content (AvgIpc) is 2.54. The lowest BCUT2D eigenvalue weighted by molar-refractivity contribution is 0.0955. The van der Waals surface area contributed by atoms with Crippen LogP contribution in [0.2, 0.25) is 5.02 Å². The first-order chi connectivity index (χ1) is 10.6. The number of hydrazone groups is 1. The molecule has 0 heterocycles. The van der Waals surface area contributed by atoms with E-state index in [0.29, 0.717) is 22.9 Å². The molecule has 0 bridgehead atoms. The van der Waals surface area contributed by atoms with Gasteiger partial charge in [0, 0.05) is 10.6 Å². The van der Waals surface area contributed by atoms with E-state index in [0.717, 1.165) is 11.3 Å². The number of carbonyl (C=O) groups is 1. The molecule has 0 spiro atoms. The molecule has 0 saturated carbocycles. The molecule has 5 heteroatoms. The van der Waals surface area contributed by atoms with Crippen molar-refractivity contribution in [3.05, 3.63) is 64.7 Å². The molecule has 1 amide bonds. The molecule has 0 unspecified atom stereocenters. The summed E-state index contributed by atoms with van der Waals surface area (Å²) in [4.78, 5) is 12.0. The Morgan fingerprint density at radius 2 is 1.68 bits per heavy atom. The van der Waals surface area contributed by atoms with Gasteiger partial charge in [0.1, 0.15) is 5.75 Å². The van der Waals surface area contributed by atoms with Crippen LogP contribution in [0.4, 0.5) is 0 Å². The minimum Gasteiger partial charge on any atom is -0.494 e. The first kappa shape index (κ1) is 16.0. The van der Waals surface area contributed by atoms with Crippen molar-refractivity contribution in [1.29, 1.82) is 0 Å². The summed E-state index contributed by atoms with van der Waals surface area (Å²) < 4.78 is 5.34. The maximum absolute atomic E-state index is 12.0. The zero-order valence-corrected chi connectivity index (χ0v) is 13.2. The Kier molecular flexibility index (Phi) is 5.55. The van der Waals surface area contributed by atoms with Gasteiger partial charge in [0.2, 0.25) is 0 Å². The smallest absolute Gasteiger partial charge is 0.271 e. The third-order valence-electron chi connectivity index (χ3n) is 3.01. The number of rotatable bonds is 5. The van der Waals surface area contributed by atoms with Crippen molar-refractivity contribution in [3.8, 4) is 5.75 Å². The zero-order valence-electron chi connectivity index (χ0n) is 12.5. The Morgan fingerprint density at radius 3 is 2.27 bits per heavy atom. The molecule has 0 aromatic heterocycles. The number of carbonyl (C=O) groups excluding carboxylic acids is 1. The largest absolute Gasteiger partial charge is 0.494 e. The SMILES string of the molecule is CCOc1ccc(C(=O)N/N=C(/C)c2ccc(Cl)cc2)cc1. The van der Waals surface area contributed by atoms with E-state index in [2.05, 4.69) is 10.5 Å². The lowest BCUT2D eigenvalue weighted by Gasteiger charge is -2.05. The van der Waals surface area contributed by atoms with Gasteiger partial charge in [0.15, 0.2) is 0 Å². The second-order valence-corrected chi connectivity index (χ2v) is 5.04. The number of benzene rings is 2. The molecule has 2 aromatic carbocycles. The van der Waals surface area contributed by atoms with E-state index in [-0.39, 0.29) is 5.91 Å². The van der Waals surface area contributed by atoms with Crippen LogP contribution in [0.15, 0.2) is 53.6 Å². The summed E-state index contributed by atoms with van der Waals surface area (Å²) in [5, 5.41) is 4.76. The molecule has 0 fully saturated rings. The second kappa shape index (κ2) is 7.61. The second-order valence-electron chi connectivity index (χ2n) is 4.60. The fraction of sp³-hybridized carbons (Fsp3) is 0.176.